The lowest BCUT2D eigenvalue weighted by Gasteiger charge is -2.07. The first-order valence-corrected chi connectivity index (χ1v) is 4.74. The Bertz CT molecular complexity index is 437. The summed E-state index contributed by atoms with van der Waals surface area (Å²) in [5.74, 6) is 1.72. The molecule has 0 atom stereocenters. The molecule has 2 heterocycles. The molecule has 0 saturated carbocycles. The van der Waals surface area contributed by atoms with Gasteiger partial charge in [0.05, 0.1) is 24.7 Å². The highest BCUT2D eigenvalue weighted by molar-refractivity contribution is 5.50. The minimum absolute atomic E-state index is 0.630. The topological polar surface area (TPSA) is 64.1 Å². The van der Waals surface area contributed by atoms with Crippen molar-refractivity contribution in [1.82, 2.24) is 4.98 Å². The summed E-state index contributed by atoms with van der Waals surface area (Å²) in [5.41, 5.74) is 7.32. The number of hydrogen-bond donors (Lipinski definition) is 2. The third-order valence-electron chi connectivity index (χ3n) is 2.11. The van der Waals surface area contributed by atoms with Gasteiger partial charge in [-0.15, -0.1) is 0 Å². The summed E-state index contributed by atoms with van der Waals surface area (Å²) in [7, 11) is 0. The van der Waals surface area contributed by atoms with Crippen LogP contribution in [0.15, 0.2) is 35.1 Å². The van der Waals surface area contributed by atoms with E-state index in [9.17, 15) is 0 Å². The second kappa shape index (κ2) is 4.04. The summed E-state index contributed by atoms with van der Waals surface area (Å²) in [6.45, 7) is 2.60. The predicted molar refractivity (Wildman–Crippen MR) is 59.4 cm³/mol. The van der Waals surface area contributed by atoms with E-state index in [1.165, 1.54) is 0 Å². The summed E-state index contributed by atoms with van der Waals surface area (Å²) < 4.78 is 5.20. The maximum atomic E-state index is 5.61. The molecule has 4 heteroatoms. The van der Waals surface area contributed by atoms with Crippen molar-refractivity contribution in [1.29, 1.82) is 0 Å². The van der Waals surface area contributed by atoms with Gasteiger partial charge in [0, 0.05) is 0 Å². The summed E-state index contributed by atoms with van der Waals surface area (Å²) in [6, 6.07) is 5.66. The minimum atomic E-state index is 0.630. The van der Waals surface area contributed by atoms with Gasteiger partial charge in [-0.25, -0.2) is 4.98 Å². The molecule has 0 unspecified atom stereocenters. The zero-order chi connectivity index (χ0) is 10.7. The first-order valence-electron chi connectivity index (χ1n) is 4.74. The van der Waals surface area contributed by atoms with E-state index in [4.69, 9.17) is 10.2 Å². The number of nitrogens with zero attached hydrogens (tertiary/aromatic N) is 1. The normalized spacial score (nSPS) is 10.2. The Morgan fingerprint density at radius 1 is 1.53 bits per heavy atom. The highest BCUT2D eigenvalue weighted by atomic mass is 16.3. The molecule has 78 valence electrons. The third-order valence-corrected chi connectivity index (χ3v) is 2.11. The second-order valence-electron chi connectivity index (χ2n) is 3.37. The summed E-state index contributed by atoms with van der Waals surface area (Å²) in [4.78, 5) is 4.20. The lowest BCUT2D eigenvalue weighted by molar-refractivity contribution is 0.518. The van der Waals surface area contributed by atoms with E-state index in [0.717, 1.165) is 17.1 Å². The maximum absolute atomic E-state index is 5.61. The van der Waals surface area contributed by atoms with Crippen LogP contribution in [0, 0.1) is 6.92 Å². The average Bonchev–Trinajstić information content (AvgIpc) is 2.69. The van der Waals surface area contributed by atoms with Gasteiger partial charge in [0.25, 0.3) is 0 Å². The Balaban J connectivity index is 2.05. The van der Waals surface area contributed by atoms with E-state index in [1.807, 2.05) is 25.1 Å². The number of aryl methyl sites for hydroxylation is 1. The molecule has 0 bridgehead atoms. The van der Waals surface area contributed by atoms with Crippen molar-refractivity contribution < 1.29 is 4.42 Å². The van der Waals surface area contributed by atoms with Crippen LogP contribution in [0.5, 0.6) is 0 Å². The van der Waals surface area contributed by atoms with Crippen molar-refractivity contribution >= 4 is 11.5 Å². The zero-order valence-corrected chi connectivity index (χ0v) is 8.53. The average molecular weight is 203 g/mol. The molecule has 0 radical (unpaired) electrons. The molecule has 0 aliphatic rings. The summed E-state index contributed by atoms with van der Waals surface area (Å²) in [5, 5.41) is 3.18. The fourth-order valence-corrected chi connectivity index (χ4v) is 1.37. The molecular formula is C11H13N3O. The Morgan fingerprint density at radius 3 is 3.07 bits per heavy atom. The Morgan fingerprint density at radius 2 is 2.40 bits per heavy atom. The molecule has 15 heavy (non-hydrogen) atoms. The highest BCUT2D eigenvalue weighted by Crippen LogP contribution is 2.14. The van der Waals surface area contributed by atoms with Gasteiger partial charge in [-0.05, 0) is 30.7 Å². The summed E-state index contributed by atoms with van der Waals surface area (Å²) >= 11 is 0. The smallest absolute Gasteiger partial charge is 0.129 e. The van der Waals surface area contributed by atoms with Gasteiger partial charge in [-0.1, -0.05) is 0 Å². The quantitative estimate of drug-likeness (QED) is 0.802. The molecular weight excluding hydrogens is 190 g/mol. The second-order valence-corrected chi connectivity index (χ2v) is 3.37. The fourth-order valence-electron chi connectivity index (χ4n) is 1.37. The van der Waals surface area contributed by atoms with Gasteiger partial charge < -0.3 is 15.5 Å². The van der Waals surface area contributed by atoms with Crippen LogP contribution in [0.1, 0.15) is 11.3 Å². The van der Waals surface area contributed by atoms with E-state index < -0.39 is 0 Å². The van der Waals surface area contributed by atoms with Crippen LogP contribution in [0.4, 0.5) is 11.5 Å². The number of aromatic nitrogens is 1. The van der Waals surface area contributed by atoms with Crippen molar-refractivity contribution in [2.75, 3.05) is 11.1 Å². The lowest BCUT2D eigenvalue weighted by atomic mass is 10.2. The molecule has 2 aromatic rings. The van der Waals surface area contributed by atoms with Crippen LogP contribution in [-0.4, -0.2) is 4.98 Å². The van der Waals surface area contributed by atoms with Crippen molar-refractivity contribution in [3.05, 3.63) is 42.0 Å². The maximum Gasteiger partial charge on any atom is 0.129 e. The Kier molecular flexibility index (Phi) is 2.58. The molecule has 0 saturated heterocycles. The monoisotopic (exact) mass is 203 g/mol. The number of hydrogen-bond acceptors (Lipinski definition) is 4. The van der Waals surface area contributed by atoms with Crippen LogP contribution >= 0.6 is 0 Å². The molecule has 0 spiro atoms. The number of pyridine rings is 1. The van der Waals surface area contributed by atoms with Gasteiger partial charge in [-0.2, -0.15) is 0 Å². The van der Waals surface area contributed by atoms with Crippen LogP contribution in [0.3, 0.4) is 0 Å². The molecule has 0 fully saturated rings. The van der Waals surface area contributed by atoms with Gasteiger partial charge in [0.2, 0.25) is 0 Å². The largest absolute Gasteiger partial charge is 0.467 e. The van der Waals surface area contributed by atoms with E-state index in [2.05, 4.69) is 10.3 Å². The molecule has 4 nitrogen and oxygen atoms in total. The van der Waals surface area contributed by atoms with Crippen LogP contribution < -0.4 is 11.1 Å². The van der Waals surface area contributed by atoms with Gasteiger partial charge in [0.1, 0.15) is 11.6 Å². The number of rotatable bonds is 3. The molecule has 2 rings (SSSR count). The first-order chi connectivity index (χ1) is 7.25. The minimum Gasteiger partial charge on any atom is -0.467 e. The van der Waals surface area contributed by atoms with Crippen molar-refractivity contribution in [2.45, 2.75) is 13.5 Å². The Labute approximate surface area is 88.1 Å². The van der Waals surface area contributed by atoms with E-state index in [0.29, 0.717) is 12.2 Å². The van der Waals surface area contributed by atoms with Crippen LogP contribution in [0.2, 0.25) is 0 Å². The van der Waals surface area contributed by atoms with E-state index >= 15 is 0 Å². The molecule has 0 aliphatic heterocycles. The van der Waals surface area contributed by atoms with Crippen molar-refractivity contribution in [3.63, 3.8) is 0 Å². The molecule has 0 aliphatic carbocycles. The van der Waals surface area contributed by atoms with Gasteiger partial charge >= 0.3 is 0 Å². The summed E-state index contributed by atoms with van der Waals surface area (Å²) in [6.07, 6.45) is 3.29. The lowest BCUT2D eigenvalue weighted by Crippen LogP contribution is -2.02. The number of nitrogens with one attached hydrogen (secondary N) is 1. The Hall–Kier alpha value is -1.97. The van der Waals surface area contributed by atoms with Crippen LogP contribution in [0.25, 0.3) is 0 Å². The zero-order valence-electron chi connectivity index (χ0n) is 8.53. The van der Waals surface area contributed by atoms with E-state index in [1.54, 1.807) is 12.5 Å². The fraction of sp³-hybridized carbons (Fsp3) is 0.182. The van der Waals surface area contributed by atoms with Crippen LogP contribution in [-0.2, 0) is 6.54 Å². The first kappa shape index (κ1) is 9.58. The van der Waals surface area contributed by atoms with Gasteiger partial charge in [0.15, 0.2) is 0 Å². The number of nitrogens with two attached hydrogens (primary N) is 1. The molecule has 0 aromatic carbocycles. The third kappa shape index (κ3) is 2.28. The number of anilines is 2. The standard InChI is InChI=1S/C11H13N3O/c1-8-5-9(12)6-13-11(8)14-7-10-3-2-4-15-10/h2-6H,7,12H2,1H3,(H,13,14). The number of furan rings is 1. The SMILES string of the molecule is Cc1cc(N)cnc1NCc1ccco1. The van der Waals surface area contributed by atoms with E-state index in [-0.39, 0.29) is 0 Å². The molecule has 2 aromatic heterocycles. The van der Waals surface area contributed by atoms with Gasteiger partial charge in [-0.3, -0.25) is 0 Å². The molecule has 0 amide bonds. The van der Waals surface area contributed by atoms with Crippen molar-refractivity contribution in [3.8, 4) is 0 Å². The van der Waals surface area contributed by atoms with Crippen molar-refractivity contribution in [2.24, 2.45) is 0 Å². The predicted octanol–water partition coefficient (Wildman–Crippen LogP) is 2.18. The number of nitrogen functional groups attached to an aromatic ring is 1. The molecule has 3 N–H and O–H groups in total. The highest BCUT2D eigenvalue weighted by Gasteiger charge is 2.01.